The van der Waals surface area contributed by atoms with E-state index in [2.05, 4.69) is 5.32 Å². The molecule has 0 aromatic heterocycles. The molecule has 3 aliphatic heterocycles. The van der Waals surface area contributed by atoms with Crippen LogP contribution in [0.4, 0.5) is 0 Å². The first kappa shape index (κ1) is 12.1. The number of carboxylic acid groups (broad SMARTS) is 1. The highest BCUT2D eigenvalue weighted by atomic mass is 32.2. The smallest absolute Gasteiger partial charge is 0.321 e. The van der Waals surface area contributed by atoms with Crippen molar-refractivity contribution >= 4 is 29.5 Å². The van der Waals surface area contributed by atoms with Crippen molar-refractivity contribution in [1.82, 2.24) is 15.3 Å². The number of rotatable bonds is 2. The number of hydroxylamine groups is 2. The number of likely N-dealkylation sites (N-methyl/N-ethyl adjacent to an activating group) is 1. The molecule has 17 heavy (non-hydrogen) atoms. The fraction of sp³-hybridized carbons (Fsp3) is 0.889. The number of hydrogen-bond donors (Lipinski definition) is 2. The van der Waals surface area contributed by atoms with Gasteiger partial charge in [-0.3, -0.25) is 9.63 Å². The van der Waals surface area contributed by atoms with E-state index >= 15 is 0 Å². The van der Waals surface area contributed by atoms with Gasteiger partial charge in [0, 0.05) is 17.5 Å². The fourth-order valence-electron chi connectivity index (χ4n) is 2.24. The van der Waals surface area contributed by atoms with E-state index in [4.69, 9.17) is 9.94 Å². The third kappa shape index (κ3) is 1.70. The van der Waals surface area contributed by atoms with Gasteiger partial charge in [0.2, 0.25) is 0 Å². The Labute approximate surface area is 108 Å². The molecule has 2 N–H and O–H groups in total. The quantitative estimate of drug-likeness (QED) is 0.709. The van der Waals surface area contributed by atoms with Crippen LogP contribution in [-0.4, -0.2) is 69.3 Å². The Hall–Kier alpha value is 0.01000. The molecule has 0 aromatic rings. The molecule has 0 bridgehead atoms. The molecule has 1 spiro atoms. The van der Waals surface area contributed by atoms with Gasteiger partial charge in [-0.1, -0.05) is 0 Å². The molecular weight excluding hydrogens is 262 g/mol. The zero-order valence-electron chi connectivity index (χ0n) is 9.46. The normalized spacial score (nSPS) is 42.4. The van der Waals surface area contributed by atoms with Gasteiger partial charge in [0.05, 0.1) is 13.3 Å². The SMILES string of the molecule is CNC1CON2CN3C(C(=O)O)CS[C@]23SC1. The molecule has 0 aromatic carbocycles. The average molecular weight is 277 g/mol. The maximum Gasteiger partial charge on any atom is 0.321 e. The molecule has 3 rings (SSSR count). The molecule has 0 aliphatic carbocycles. The van der Waals surface area contributed by atoms with Crippen LogP contribution in [0.25, 0.3) is 0 Å². The Balaban J connectivity index is 1.76. The van der Waals surface area contributed by atoms with Crippen molar-refractivity contribution in [2.45, 2.75) is 16.4 Å². The predicted molar refractivity (Wildman–Crippen MR) is 66.4 cm³/mol. The molecule has 8 heteroatoms. The van der Waals surface area contributed by atoms with Crippen molar-refractivity contribution in [1.29, 1.82) is 0 Å². The van der Waals surface area contributed by atoms with E-state index in [0.717, 1.165) is 5.75 Å². The molecule has 2 unspecified atom stereocenters. The van der Waals surface area contributed by atoms with E-state index in [0.29, 0.717) is 25.1 Å². The topological polar surface area (TPSA) is 65.0 Å². The van der Waals surface area contributed by atoms with Gasteiger partial charge in [0.1, 0.15) is 6.04 Å². The number of carboxylic acids is 1. The van der Waals surface area contributed by atoms with Crippen molar-refractivity contribution in [2.75, 3.05) is 31.8 Å². The van der Waals surface area contributed by atoms with Gasteiger partial charge >= 0.3 is 5.97 Å². The molecule has 96 valence electrons. The Kier molecular flexibility index (Phi) is 3.04. The molecule has 3 saturated heterocycles. The van der Waals surface area contributed by atoms with Crippen molar-refractivity contribution in [3.8, 4) is 0 Å². The summed E-state index contributed by atoms with van der Waals surface area (Å²) in [4.78, 5) is 18.9. The summed E-state index contributed by atoms with van der Waals surface area (Å²) in [6.45, 7) is 1.24. The Morgan fingerprint density at radius 1 is 1.53 bits per heavy atom. The molecule has 3 heterocycles. The Bertz CT molecular complexity index is 345. The maximum absolute atomic E-state index is 11.1. The minimum absolute atomic E-state index is 0.297. The van der Waals surface area contributed by atoms with Crippen LogP contribution in [0.2, 0.25) is 0 Å². The van der Waals surface area contributed by atoms with Crippen LogP contribution in [0.5, 0.6) is 0 Å². The monoisotopic (exact) mass is 277 g/mol. The highest BCUT2D eigenvalue weighted by Crippen LogP contribution is 2.56. The first-order valence-electron chi connectivity index (χ1n) is 5.52. The highest BCUT2D eigenvalue weighted by Gasteiger charge is 2.63. The van der Waals surface area contributed by atoms with E-state index in [9.17, 15) is 4.79 Å². The number of nitrogens with zero attached hydrogens (tertiary/aromatic N) is 2. The molecule has 0 radical (unpaired) electrons. The third-order valence-corrected chi connectivity index (χ3v) is 6.75. The predicted octanol–water partition coefficient (Wildman–Crippen LogP) is -0.361. The molecule has 3 atom stereocenters. The van der Waals surface area contributed by atoms with Gasteiger partial charge in [-0.25, -0.2) is 4.90 Å². The van der Waals surface area contributed by atoms with Gasteiger partial charge in [-0.05, 0) is 7.05 Å². The van der Waals surface area contributed by atoms with Crippen LogP contribution in [-0.2, 0) is 9.63 Å². The van der Waals surface area contributed by atoms with Gasteiger partial charge < -0.3 is 10.4 Å². The van der Waals surface area contributed by atoms with E-state index in [-0.39, 0.29) is 10.4 Å². The second-order valence-electron chi connectivity index (χ2n) is 4.30. The van der Waals surface area contributed by atoms with Gasteiger partial charge in [0.15, 0.2) is 4.33 Å². The summed E-state index contributed by atoms with van der Waals surface area (Å²) < 4.78 is -0.297. The van der Waals surface area contributed by atoms with Crippen molar-refractivity contribution in [3.05, 3.63) is 0 Å². The van der Waals surface area contributed by atoms with Crippen LogP contribution >= 0.6 is 23.5 Å². The lowest BCUT2D eigenvalue weighted by Crippen LogP contribution is -2.70. The van der Waals surface area contributed by atoms with Gasteiger partial charge in [-0.2, -0.15) is 0 Å². The highest BCUT2D eigenvalue weighted by molar-refractivity contribution is 8.18. The number of aliphatic carboxylic acids is 1. The first-order chi connectivity index (χ1) is 8.17. The summed E-state index contributed by atoms with van der Waals surface area (Å²) in [5, 5.41) is 14.3. The largest absolute Gasteiger partial charge is 0.480 e. The lowest BCUT2D eigenvalue weighted by molar-refractivity contribution is -0.296. The standard InChI is InChI=1S/C9H15N3O3S2/c1-10-6-2-15-12-5-11-7(8(13)14)4-17-9(11,12)16-3-6/h6-7,10H,2-5H2,1H3,(H,13,14)/t6?,7?,9-/m0/s1. The van der Waals surface area contributed by atoms with E-state index in [1.54, 1.807) is 23.5 Å². The van der Waals surface area contributed by atoms with Crippen LogP contribution < -0.4 is 5.32 Å². The Morgan fingerprint density at radius 2 is 2.29 bits per heavy atom. The second-order valence-corrected chi connectivity index (χ2v) is 6.94. The summed E-state index contributed by atoms with van der Waals surface area (Å²) in [5.74, 6) is 0.832. The first-order valence-corrected chi connectivity index (χ1v) is 7.50. The van der Waals surface area contributed by atoms with Gasteiger partial charge in [-0.15, -0.1) is 28.6 Å². The summed E-state index contributed by atoms with van der Waals surface area (Å²) in [6, 6.07) is -0.0511. The van der Waals surface area contributed by atoms with Crippen LogP contribution in [0, 0.1) is 0 Å². The van der Waals surface area contributed by atoms with Crippen LogP contribution in [0.1, 0.15) is 0 Å². The zero-order chi connectivity index (χ0) is 12.0. The minimum atomic E-state index is -0.732. The van der Waals surface area contributed by atoms with E-state index < -0.39 is 5.97 Å². The Morgan fingerprint density at radius 3 is 3.00 bits per heavy atom. The fourth-order valence-corrected chi connectivity index (χ4v) is 5.57. The van der Waals surface area contributed by atoms with Crippen LogP contribution in [0.3, 0.4) is 0 Å². The van der Waals surface area contributed by atoms with Gasteiger partial charge in [0.25, 0.3) is 0 Å². The van der Waals surface area contributed by atoms with Crippen LogP contribution in [0.15, 0.2) is 0 Å². The lowest BCUT2D eigenvalue weighted by Gasteiger charge is -2.54. The minimum Gasteiger partial charge on any atom is -0.480 e. The second kappa shape index (κ2) is 4.29. The lowest BCUT2D eigenvalue weighted by atomic mass is 10.3. The number of thioether (sulfide) groups is 2. The molecule has 3 aliphatic rings. The van der Waals surface area contributed by atoms with Crippen molar-refractivity contribution in [3.63, 3.8) is 0 Å². The summed E-state index contributed by atoms with van der Waals surface area (Å²) in [6.07, 6.45) is 0. The number of carbonyl (C=O) groups is 1. The van der Waals surface area contributed by atoms with Crippen molar-refractivity contribution in [2.24, 2.45) is 0 Å². The van der Waals surface area contributed by atoms with Crippen molar-refractivity contribution < 1.29 is 14.7 Å². The number of nitrogens with one attached hydrogen (secondary N) is 1. The summed E-state index contributed by atoms with van der Waals surface area (Å²) >= 11 is 3.44. The summed E-state index contributed by atoms with van der Waals surface area (Å²) in [7, 11) is 1.93. The molecule has 0 saturated carbocycles. The molecule has 6 nitrogen and oxygen atoms in total. The van der Waals surface area contributed by atoms with E-state index in [1.165, 1.54) is 0 Å². The third-order valence-electron chi connectivity index (χ3n) is 3.36. The van der Waals surface area contributed by atoms with E-state index in [1.807, 2.05) is 17.0 Å². The summed E-state index contributed by atoms with van der Waals surface area (Å²) in [5.41, 5.74) is 0. The zero-order valence-corrected chi connectivity index (χ0v) is 11.1. The average Bonchev–Trinajstić information content (AvgIpc) is 2.48. The number of hydrogen-bond acceptors (Lipinski definition) is 7. The molecule has 0 amide bonds. The molecule has 3 fully saturated rings. The maximum atomic E-state index is 11.1. The molecular formula is C9H15N3O3S2.